The normalized spacial score (nSPS) is 35.2. The summed E-state index contributed by atoms with van der Waals surface area (Å²) >= 11 is 0. The van der Waals surface area contributed by atoms with E-state index in [1.165, 1.54) is 30.9 Å². The van der Waals surface area contributed by atoms with Gasteiger partial charge >= 0.3 is 0 Å². The highest BCUT2D eigenvalue weighted by Crippen LogP contribution is 2.22. The highest BCUT2D eigenvalue weighted by atomic mass is 16.5. The lowest BCUT2D eigenvalue weighted by Gasteiger charge is -2.41. The maximum Gasteiger partial charge on any atom is 0.0294 e. The summed E-state index contributed by atoms with van der Waals surface area (Å²) in [6.07, 6.45) is 3.99. The Hall–Kier alpha value is -0.120. The minimum absolute atomic E-state index is 0.687. The number of piperidine rings is 1. The van der Waals surface area contributed by atoms with Crippen molar-refractivity contribution in [1.29, 1.82) is 0 Å². The van der Waals surface area contributed by atoms with Crippen LogP contribution >= 0.6 is 0 Å². The van der Waals surface area contributed by atoms with Crippen LogP contribution in [0, 0.1) is 5.92 Å². The van der Waals surface area contributed by atoms with Crippen molar-refractivity contribution in [2.45, 2.75) is 25.3 Å². The van der Waals surface area contributed by atoms with Crippen LogP contribution < -0.4 is 5.32 Å². The fourth-order valence-corrected chi connectivity index (χ4v) is 2.02. The molecule has 2 rings (SSSR count). The van der Waals surface area contributed by atoms with Crippen molar-refractivity contribution in [3.8, 4) is 0 Å². The second-order valence-electron chi connectivity index (χ2n) is 3.69. The maximum absolute atomic E-state index is 8.95. The van der Waals surface area contributed by atoms with E-state index in [0.29, 0.717) is 12.0 Å². The van der Waals surface area contributed by atoms with Gasteiger partial charge in [-0.05, 0) is 19.4 Å². The zero-order chi connectivity index (χ0) is 7.68. The SMILES string of the molecule is ON1CC([C@@H]2CCCCN2)C1. The smallest absolute Gasteiger partial charge is 0.0294 e. The minimum Gasteiger partial charge on any atom is -0.314 e. The van der Waals surface area contributed by atoms with E-state index in [1.807, 2.05) is 0 Å². The van der Waals surface area contributed by atoms with E-state index in [-0.39, 0.29) is 0 Å². The van der Waals surface area contributed by atoms with Crippen LogP contribution in [0.5, 0.6) is 0 Å². The average Bonchev–Trinajstić information content (AvgIpc) is 2.01. The topological polar surface area (TPSA) is 35.5 Å². The number of nitrogens with zero attached hydrogens (tertiary/aromatic N) is 1. The van der Waals surface area contributed by atoms with Gasteiger partial charge in [-0.15, -0.1) is 0 Å². The fraction of sp³-hybridized carbons (Fsp3) is 1.00. The van der Waals surface area contributed by atoms with Gasteiger partial charge in [0.05, 0.1) is 0 Å². The van der Waals surface area contributed by atoms with Crippen molar-refractivity contribution in [3.63, 3.8) is 0 Å². The Morgan fingerprint density at radius 1 is 1.27 bits per heavy atom. The number of hydrogen-bond acceptors (Lipinski definition) is 3. The van der Waals surface area contributed by atoms with Crippen LogP contribution in [-0.4, -0.2) is 35.9 Å². The lowest BCUT2D eigenvalue weighted by molar-refractivity contribution is -0.175. The molecule has 0 saturated carbocycles. The zero-order valence-electron chi connectivity index (χ0n) is 6.79. The molecule has 0 radical (unpaired) electrons. The standard InChI is InChI=1S/C8H16N2O/c11-10-5-7(6-10)8-3-1-2-4-9-8/h7-9,11H,1-6H2/t8-/m0/s1. The number of hydroxylamine groups is 2. The number of hydrogen-bond donors (Lipinski definition) is 2. The first-order valence-corrected chi connectivity index (χ1v) is 4.53. The van der Waals surface area contributed by atoms with E-state index in [2.05, 4.69) is 5.32 Å². The molecule has 0 aromatic heterocycles. The molecule has 2 heterocycles. The van der Waals surface area contributed by atoms with E-state index in [0.717, 1.165) is 13.1 Å². The second kappa shape index (κ2) is 3.09. The lowest BCUT2D eigenvalue weighted by atomic mass is 9.88. The van der Waals surface area contributed by atoms with Crippen LogP contribution in [0.2, 0.25) is 0 Å². The van der Waals surface area contributed by atoms with Gasteiger partial charge in [0.1, 0.15) is 0 Å². The first-order chi connectivity index (χ1) is 5.36. The molecule has 3 heteroatoms. The quantitative estimate of drug-likeness (QED) is 0.578. The minimum atomic E-state index is 0.687. The molecular formula is C8H16N2O. The molecule has 0 aliphatic carbocycles. The molecule has 1 atom stereocenters. The summed E-state index contributed by atoms with van der Waals surface area (Å²) in [7, 11) is 0. The molecule has 2 aliphatic rings. The number of rotatable bonds is 1. The van der Waals surface area contributed by atoms with Crippen molar-refractivity contribution in [3.05, 3.63) is 0 Å². The molecule has 0 bridgehead atoms. The summed E-state index contributed by atoms with van der Waals surface area (Å²) in [6.45, 7) is 2.92. The van der Waals surface area contributed by atoms with Crippen LogP contribution in [0.25, 0.3) is 0 Å². The predicted octanol–water partition coefficient (Wildman–Crippen LogP) is 0.450. The molecule has 2 N–H and O–H groups in total. The largest absolute Gasteiger partial charge is 0.314 e. The summed E-state index contributed by atoms with van der Waals surface area (Å²) in [5.41, 5.74) is 0. The Kier molecular flexibility index (Phi) is 2.11. The van der Waals surface area contributed by atoms with Crippen LogP contribution in [-0.2, 0) is 0 Å². The van der Waals surface area contributed by atoms with Crippen LogP contribution in [0.1, 0.15) is 19.3 Å². The van der Waals surface area contributed by atoms with Crippen molar-refractivity contribution in [2.75, 3.05) is 19.6 Å². The lowest BCUT2D eigenvalue weighted by Crippen LogP contribution is -2.55. The van der Waals surface area contributed by atoms with Crippen molar-refractivity contribution < 1.29 is 5.21 Å². The summed E-state index contributed by atoms with van der Waals surface area (Å²) in [5, 5.41) is 13.9. The first kappa shape index (κ1) is 7.53. The van der Waals surface area contributed by atoms with E-state index in [4.69, 9.17) is 5.21 Å². The van der Waals surface area contributed by atoms with Gasteiger partial charge in [-0.25, -0.2) is 0 Å². The Morgan fingerprint density at radius 3 is 2.64 bits per heavy atom. The molecule has 2 aliphatic heterocycles. The molecular weight excluding hydrogens is 140 g/mol. The highest BCUT2D eigenvalue weighted by Gasteiger charge is 2.32. The van der Waals surface area contributed by atoms with Crippen molar-refractivity contribution in [1.82, 2.24) is 10.4 Å². The van der Waals surface area contributed by atoms with Crippen molar-refractivity contribution >= 4 is 0 Å². The Bertz CT molecular complexity index is 128. The Balaban J connectivity index is 1.76. The van der Waals surface area contributed by atoms with E-state index < -0.39 is 0 Å². The Labute approximate surface area is 67.3 Å². The van der Waals surface area contributed by atoms with Crippen molar-refractivity contribution in [2.24, 2.45) is 5.92 Å². The van der Waals surface area contributed by atoms with Gasteiger partial charge in [0, 0.05) is 25.0 Å². The molecule has 0 spiro atoms. The van der Waals surface area contributed by atoms with E-state index in [9.17, 15) is 0 Å². The van der Waals surface area contributed by atoms with Gasteiger partial charge < -0.3 is 10.5 Å². The first-order valence-electron chi connectivity index (χ1n) is 4.53. The van der Waals surface area contributed by atoms with E-state index >= 15 is 0 Å². The van der Waals surface area contributed by atoms with Gasteiger partial charge in [0.2, 0.25) is 0 Å². The predicted molar refractivity (Wildman–Crippen MR) is 42.5 cm³/mol. The Morgan fingerprint density at radius 2 is 2.09 bits per heavy atom. The van der Waals surface area contributed by atoms with Crippen LogP contribution in [0.15, 0.2) is 0 Å². The molecule has 0 amide bonds. The second-order valence-corrected chi connectivity index (χ2v) is 3.69. The maximum atomic E-state index is 8.95. The van der Waals surface area contributed by atoms with Crippen LogP contribution in [0.4, 0.5) is 0 Å². The molecule has 2 saturated heterocycles. The van der Waals surface area contributed by atoms with Gasteiger partial charge in [0.25, 0.3) is 0 Å². The van der Waals surface area contributed by atoms with Gasteiger partial charge in [-0.2, -0.15) is 5.06 Å². The van der Waals surface area contributed by atoms with Gasteiger partial charge in [0.15, 0.2) is 0 Å². The van der Waals surface area contributed by atoms with Gasteiger partial charge in [-0.3, -0.25) is 0 Å². The molecule has 0 aromatic rings. The molecule has 64 valence electrons. The summed E-state index contributed by atoms with van der Waals surface area (Å²) in [6, 6.07) is 0.687. The fourth-order valence-electron chi connectivity index (χ4n) is 2.02. The third-order valence-electron chi connectivity index (χ3n) is 2.81. The van der Waals surface area contributed by atoms with Gasteiger partial charge in [-0.1, -0.05) is 6.42 Å². The zero-order valence-corrected chi connectivity index (χ0v) is 6.79. The molecule has 0 aromatic carbocycles. The summed E-state index contributed by atoms with van der Waals surface area (Å²) in [5.74, 6) is 0.709. The third kappa shape index (κ3) is 1.55. The summed E-state index contributed by atoms with van der Waals surface area (Å²) < 4.78 is 0. The monoisotopic (exact) mass is 156 g/mol. The molecule has 2 fully saturated rings. The molecule has 11 heavy (non-hydrogen) atoms. The molecule has 0 unspecified atom stereocenters. The molecule has 3 nitrogen and oxygen atoms in total. The third-order valence-corrected chi connectivity index (χ3v) is 2.81. The summed E-state index contributed by atoms with van der Waals surface area (Å²) in [4.78, 5) is 0. The average molecular weight is 156 g/mol. The van der Waals surface area contributed by atoms with Crippen LogP contribution in [0.3, 0.4) is 0 Å². The highest BCUT2D eigenvalue weighted by molar-refractivity contribution is 4.87. The van der Waals surface area contributed by atoms with E-state index in [1.54, 1.807) is 0 Å². The number of nitrogens with one attached hydrogen (secondary N) is 1.